The number of likely N-dealkylation sites (tertiary alicyclic amines) is 1. The fourth-order valence-electron chi connectivity index (χ4n) is 1.31. The fraction of sp³-hybridized carbons (Fsp3) is 0.273. The SMILES string of the molecule is N#Cc1cc(F)cc(OOC(=O)N2CCC2)c1. The largest absolute Gasteiger partial charge is 0.452 e. The lowest BCUT2D eigenvalue weighted by molar-refractivity contribution is -0.157. The van der Waals surface area contributed by atoms with Gasteiger partial charge in [-0.05, 0) is 12.5 Å². The van der Waals surface area contributed by atoms with Crippen molar-refractivity contribution in [3.05, 3.63) is 29.6 Å². The van der Waals surface area contributed by atoms with Gasteiger partial charge in [0, 0.05) is 25.2 Å². The molecule has 0 spiro atoms. The van der Waals surface area contributed by atoms with Crippen LogP contribution in [-0.4, -0.2) is 24.1 Å². The highest BCUT2D eigenvalue weighted by atomic mass is 19.1. The van der Waals surface area contributed by atoms with Crippen molar-refractivity contribution >= 4 is 6.09 Å². The summed E-state index contributed by atoms with van der Waals surface area (Å²) < 4.78 is 13.0. The molecule has 6 heteroatoms. The molecule has 17 heavy (non-hydrogen) atoms. The summed E-state index contributed by atoms with van der Waals surface area (Å²) in [5.41, 5.74) is 0.0972. The van der Waals surface area contributed by atoms with E-state index in [4.69, 9.17) is 5.26 Å². The van der Waals surface area contributed by atoms with Gasteiger partial charge in [0.05, 0.1) is 11.6 Å². The summed E-state index contributed by atoms with van der Waals surface area (Å²) in [6.45, 7) is 1.27. The van der Waals surface area contributed by atoms with Gasteiger partial charge in [0.15, 0.2) is 5.75 Å². The van der Waals surface area contributed by atoms with Crippen LogP contribution in [0, 0.1) is 17.1 Å². The van der Waals surface area contributed by atoms with Gasteiger partial charge in [-0.3, -0.25) is 4.89 Å². The predicted octanol–water partition coefficient (Wildman–Crippen LogP) is 1.83. The molecule has 1 aliphatic rings. The maximum atomic E-state index is 13.0. The Morgan fingerprint density at radius 1 is 1.41 bits per heavy atom. The maximum Gasteiger partial charge on any atom is 0.452 e. The number of halogens is 1. The minimum Gasteiger partial charge on any atom is -0.305 e. The first kappa shape index (κ1) is 11.2. The van der Waals surface area contributed by atoms with Gasteiger partial charge >= 0.3 is 6.09 Å². The van der Waals surface area contributed by atoms with E-state index in [-0.39, 0.29) is 11.3 Å². The van der Waals surface area contributed by atoms with Crippen molar-refractivity contribution in [2.45, 2.75) is 6.42 Å². The summed E-state index contributed by atoms with van der Waals surface area (Å²) in [6, 6.07) is 5.15. The van der Waals surface area contributed by atoms with Crippen LogP contribution in [-0.2, 0) is 4.89 Å². The maximum absolute atomic E-state index is 13.0. The highest BCUT2D eigenvalue weighted by Gasteiger charge is 2.22. The van der Waals surface area contributed by atoms with Crippen LogP contribution in [0.15, 0.2) is 18.2 Å². The van der Waals surface area contributed by atoms with Crippen molar-refractivity contribution in [1.82, 2.24) is 4.90 Å². The van der Waals surface area contributed by atoms with Gasteiger partial charge < -0.3 is 4.90 Å². The van der Waals surface area contributed by atoms with E-state index in [1.54, 1.807) is 6.07 Å². The third-order valence-corrected chi connectivity index (χ3v) is 2.32. The standard InChI is InChI=1S/C11H9FN2O3/c12-9-4-8(7-13)5-10(6-9)16-17-11(15)14-2-1-3-14/h4-6H,1-3H2. The summed E-state index contributed by atoms with van der Waals surface area (Å²) in [5.74, 6) is -0.644. The van der Waals surface area contributed by atoms with E-state index >= 15 is 0 Å². The van der Waals surface area contributed by atoms with Gasteiger partial charge in [0.25, 0.3) is 0 Å². The molecule has 1 aromatic carbocycles. The first-order valence-electron chi connectivity index (χ1n) is 5.03. The Bertz CT molecular complexity index is 480. The van der Waals surface area contributed by atoms with Crippen molar-refractivity contribution in [1.29, 1.82) is 5.26 Å². The van der Waals surface area contributed by atoms with E-state index in [1.165, 1.54) is 11.0 Å². The minimum atomic E-state index is -0.626. The molecule has 0 aliphatic carbocycles. The molecule has 1 amide bonds. The second kappa shape index (κ2) is 4.70. The van der Waals surface area contributed by atoms with Gasteiger partial charge in [-0.2, -0.15) is 5.26 Å². The van der Waals surface area contributed by atoms with Gasteiger partial charge in [-0.1, -0.05) is 0 Å². The number of carbonyl (C=O) groups excluding carboxylic acids is 1. The fourth-order valence-corrected chi connectivity index (χ4v) is 1.31. The number of carbonyl (C=O) groups is 1. The second-order valence-corrected chi connectivity index (χ2v) is 3.56. The molecule has 0 bridgehead atoms. The normalized spacial score (nSPS) is 13.5. The molecule has 1 heterocycles. The molecule has 88 valence electrons. The summed E-state index contributed by atoms with van der Waals surface area (Å²) in [4.78, 5) is 21.9. The van der Waals surface area contributed by atoms with E-state index in [9.17, 15) is 9.18 Å². The number of nitrogens with zero attached hydrogens (tertiary/aromatic N) is 2. The first-order valence-corrected chi connectivity index (χ1v) is 5.03. The number of hydrogen-bond acceptors (Lipinski definition) is 4. The average Bonchev–Trinajstić information content (AvgIpc) is 2.23. The van der Waals surface area contributed by atoms with E-state index in [2.05, 4.69) is 9.78 Å². The van der Waals surface area contributed by atoms with E-state index < -0.39 is 11.9 Å². The Hall–Kier alpha value is -2.29. The third kappa shape index (κ3) is 2.64. The second-order valence-electron chi connectivity index (χ2n) is 3.56. The highest BCUT2D eigenvalue weighted by molar-refractivity contribution is 5.67. The molecule has 0 radical (unpaired) electrons. The van der Waals surface area contributed by atoms with Gasteiger partial charge in [0.2, 0.25) is 0 Å². The summed E-state index contributed by atoms with van der Waals surface area (Å²) in [6.07, 6.45) is 0.326. The molecule has 1 aromatic rings. The molecule has 0 N–H and O–H groups in total. The molecule has 1 fully saturated rings. The van der Waals surface area contributed by atoms with Crippen molar-refractivity contribution < 1.29 is 19.0 Å². The van der Waals surface area contributed by atoms with Crippen LogP contribution in [0.1, 0.15) is 12.0 Å². The Morgan fingerprint density at radius 3 is 2.76 bits per heavy atom. The van der Waals surface area contributed by atoms with Crippen molar-refractivity contribution in [3.63, 3.8) is 0 Å². The van der Waals surface area contributed by atoms with E-state index in [0.29, 0.717) is 13.1 Å². The van der Waals surface area contributed by atoms with Crippen LogP contribution in [0.5, 0.6) is 5.75 Å². The Kier molecular flexibility index (Phi) is 3.10. The molecular weight excluding hydrogens is 227 g/mol. The minimum absolute atomic E-state index is 0.0181. The number of amides is 1. The monoisotopic (exact) mass is 236 g/mol. The van der Waals surface area contributed by atoms with Crippen LogP contribution in [0.2, 0.25) is 0 Å². The zero-order valence-corrected chi connectivity index (χ0v) is 8.85. The van der Waals surface area contributed by atoms with Crippen LogP contribution < -0.4 is 4.89 Å². The number of nitriles is 1. The molecular formula is C11H9FN2O3. The van der Waals surface area contributed by atoms with Gasteiger partial charge in [-0.25, -0.2) is 14.1 Å². The molecule has 0 saturated carbocycles. The summed E-state index contributed by atoms with van der Waals surface area (Å²) >= 11 is 0. The molecule has 1 saturated heterocycles. The lowest BCUT2D eigenvalue weighted by Crippen LogP contribution is -2.42. The predicted molar refractivity (Wildman–Crippen MR) is 54.4 cm³/mol. The number of rotatable bonds is 2. The van der Waals surface area contributed by atoms with Crippen LogP contribution >= 0.6 is 0 Å². The number of hydrogen-bond donors (Lipinski definition) is 0. The van der Waals surface area contributed by atoms with Crippen molar-refractivity contribution in [3.8, 4) is 11.8 Å². The van der Waals surface area contributed by atoms with E-state index in [0.717, 1.165) is 18.6 Å². The molecule has 0 unspecified atom stereocenters. The first-order chi connectivity index (χ1) is 8.19. The van der Waals surface area contributed by atoms with Crippen molar-refractivity contribution in [2.24, 2.45) is 0 Å². The average molecular weight is 236 g/mol. The zero-order chi connectivity index (χ0) is 12.3. The van der Waals surface area contributed by atoms with Crippen molar-refractivity contribution in [2.75, 3.05) is 13.1 Å². The summed E-state index contributed by atoms with van der Waals surface area (Å²) in [5, 5.41) is 8.61. The Balaban J connectivity index is 1.96. The smallest absolute Gasteiger partial charge is 0.305 e. The third-order valence-electron chi connectivity index (χ3n) is 2.32. The van der Waals surface area contributed by atoms with Crippen LogP contribution in [0.25, 0.3) is 0 Å². The molecule has 0 atom stereocenters. The topological polar surface area (TPSA) is 62.6 Å². The molecule has 5 nitrogen and oxygen atoms in total. The Morgan fingerprint density at radius 2 is 2.18 bits per heavy atom. The zero-order valence-electron chi connectivity index (χ0n) is 8.85. The van der Waals surface area contributed by atoms with E-state index in [1.807, 2.05) is 0 Å². The lowest BCUT2D eigenvalue weighted by atomic mass is 10.2. The lowest BCUT2D eigenvalue weighted by Gasteiger charge is -2.28. The highest BCUT2D eigenvalue weighted by Crippen LogP contribution is 2.17. The number of benzene rings is 1. The van der Waals surface area contributed by atoms with Crippen LogP contribution in [0.4, 0.5) is 9.18 Å². The quantitative estimate of drug-likeness (QED) is 0.580. The van der Waals surface area contributed by atoms with Crippen LogP contribution in [0.3, 0.4) is 0 Å². The summed E-state index contributed by atoms with van der Waals surface area (Å²) in [7, 11) is 0. The molecule has 2 rings (SSSR count). The van der Waals surface area contributed by atoms with Gasteiger partial charge in [0.1, 0.15) is 5.82 Å². The molecule has 0 aromatic heterocycles. The molecule has 1 aliphatic heterocycles. The Labute approximate surface area is 96.9 Å². The van der Waals surface area contributed by atoms with Gasteiger partial charge in [-0.15, -0.1) is 0 Å².